The fourth-order valence-corrected chi connectivity index (χ4v) is 1.92. The highest BCUT2D eigenvalue weighted by molar-refractivity contribution is 7.91. The fraction of sp³-hybridized carbons (Fsp3) is 0.333. The standard InChI is InChI=1S/C9H13NO3S/c1-2-14(12,13)8-5-3-7(4-6-8)9(10)11/h3-6,9,11H,2,10H2,1H3. The van der Waals surface area contributed by atoms with Crippen LogP contribution in [0.4, 0.5) is 0 Å². The Bertz CT molecular complexity index is 395. The molecule has 1 aromatic carbocycles. The van der Waals surface area contributed by atoms with E-state index in [4.69, 9.17) is 10.8 Å². The quantitative estimate of drug-likeness (QED) is 0.716. The number of rotatable bonds is 3. The number of hydrogen-bond donors (Lipinski definition) is 2. The first-order valence-electron chi connectivity index (χ1n) is 4.23. The Morgan fingerprint density at radius 3 is 2.21 bits per heavy atom. The molecule has 78 valence electrons. The van der Waals surface area contributed by atoms with Crippen molar-refractivity contribution in [1.82, 2.24) is 0 Å². The Kier molecular flexibility index (Phi) is 3.25. The van der Waals surface area contributed by atoms with E-state index in [1.807, 2.05) is 0 Å². The molecule has 0 fully saturated rings. The van der Waals surface area contributed by atoms with Crippen LogP contribution in [-0.4, -0.2) is 19.3 Å². The molecule has 14 heavy (non-hydrogen) atoms. The minimum Gasteiger partial charge on any atom is -0.375 e. The molecule has 1 atom stereocenters. The second-order valence-electron chi connectivity index (χ2n) is 2.92. The summed E-state index contributed by atoms with van der Waals surface area (Å²) in [7, 11) is -3.16. The van der Waals surface area contributed by atoms with Gasteiger partial charge in [-0.2, -0.15) is 0 Å². The molecule has 1 aromatic rings. The van der Waals surface area contributed by atoms with Gasteiger partial charge < -0.3 is 10.8 Å². The van der Waals surface area contributed by atoms with Gasteiger partial charge in [0.1, 0.15) is 6.23 Å². The third kappa shape index (κ3) is 2.31. The SMILES string of the molecule is CCS(=O)(=O)c1ccc(C(N)O)cc1. The lowest BCUT2D eigenvalue weighted by Crippen LogP contribution is -2.09. The van der Waals surface area contributed by atoms with Crippen LogP contribution in [0.3, 0.4) is 0 Å². The first kappa shape index (κ1) is 11.2. The summed E-state index contributed by atoms with van der Waals surface area (Å²) < 4.78 is 22.8. The second-order valence-corrected chi connectivity index (χ2v) is 5.20. The number of hydrogen-bond acceptors (Lipinski definition) is 4. The molecule has 0 heterocycles. The maximum absolute atomic E-state index is 11.4. The van der Waals surface area contributed by atoms with Gasteiger partial charge in [0.15, 0.2) is 9.84 Å². The molecule has 0 saturated carbocycles. The van der Waals surface area contributed by atoms with Crippen molar-refractivity contribution in [3.05, 3.63) is 29.8 Å². The van der Waals surface area contributed by atoms with Crippen LogP contribution in [0.5, 0.6) is 0 Å². The minimum atomic E-state index is -3.16. The van der Waals surface area contributed by atoms with Crippen molar-refractivity contribution in [2.45, 2.75) is 18.0 Å². The van der Waals surface area contributed by atoms with Gasteiger partial charge in [0.2, 0.25) is 0 Å². The van der Waals surface area contributed by atoms with Crippen molar-refractivity contribution < 1.29 is 13.5 Å². The summed E-state index contributed by atoms with van der Waals surface area (Å²) >= 11 is 0. The molecular weight excluding hydrogens is 202 g/mol. The van der Waals surface area contributed by atoms with Crippen molar-refractivity contribution in [2.75, 3.05) is 5.75 Å². The third-order valence-electron chi connectivity index (χ3n) is 1.96. The van der Waals surface area contributed by atoms with Gasteiger partial charge in [0.25, 0.3) is 0 Å². The first-order valence-corrected chi connectivity index (χ1v) is 5.89. The van der Waals surface area contributed by atoms with Gasteiger partial charge in [-0.05, 0) is 17.7 Å². The molecule has 4 nitrogen and oxygen atoms in total. The molecule has 0 saturated heterocycles. The zero-order valence-electron chi connectivity index (χ0n) is 7.84. The normalized spacial score (nSPS) is 13.9. The van der Waals surface area contributed by atoms with E-state index in [0.717, 1.165) is 0 Å². The van der Waals surface area contributed by atoms with Crippen LogP contribution >= 0.6 is 0 Å². The van der Waals surface area contributed by atoms with Crippen molar-refractivity contribution in [3.8, 4) is 0 Å². The van der Waals surface area contributed by atoms with Gasteiger partial charge in [-0.25, -0.2) is 8.42 Å². The molecule has 0 radical (unpaired) electrons. The van der Waals surface area contributed by atoms with Crippen LogP contribution in [0.2, 0.25) is 0 Å². The topological polar surface area (TPSA) is 80.4 Å². The van der Waals surface area contributed by atoms with Crippen molar-refractivity contribution in [3.63, 3.8) is 0 Å². The maximum atomic E-state index is 11.4. The van der Waals surface area contributed by atoms with Crippen LogP contribution in [0.15, 0.2) is 29.2 Å². The van der Waals surface area contributed by atoms with Crippen molar-refractivity contribution in [1.29, 1.82) is 0 Å². The lowest BCUT2D eigenvalue weighted by atomic mass is 10.2. The molecule has 5 heteroatoms. The van der Waals surface area contributed by atoms with Gasteiger partial charge in [-0.3, -0.25) is 0 Å². The lowest BCUT2D eigenvalue weighted by Gasteiger charge is -2.05. The van der Waals surface area contributed by atoms with Crippen LogP contribution < -0.4 is 5.73 Å². The number of sulfone groups is 1. The Labute approximate surface area is 83.3 Å². The average molecular weight is 215 g/mol. The number of aliphatic hydroxyl groups excluding tert-OH is 1. The van der Waals surface area contributed by atoms with Gasteiger partial charge in [0.05, 0.1) is 10.6 Å². The molecule has 1 unspecified atom stereocenters. The molecule has 1 rings (SSSR count). The molecule has 0 bridgehead atoms. The van der Waals surface area contributed by atoms with E-state index >= 15 is 0 Å². The zero-order valence-corrected chi connectivity index (χ0v) is 8.66. The van der Waals surface area contributed by atoms with E-state index in [-0.39, 0.29) is 10.6 Å². The summed E-state index contributed by atoms with van der Waals surface area (Å²) in [6.07, 6.45) is -1.06. The second kappa shape index (κ2) is 4.08. The van der Waals surface area contributed by atoms with E-state index in [1.54, 1.807) is 6.92 Å². The molecule has 0 aromatic heterocycles. The Hall–Kier alpha value is -0.910. The number of nitrogens with two attached hydrogens (primary N) is 1. The summed E-state index contributed by atoms with van der Waals surface area (Å²) in [5, 5.41) is 9.00. The number of benzene rings is 1. The fourth-order valence-electron chi connectivity index (χ4n) is 1.04. The molecule has 0 aliphatic heterocycles. The largest absolute Gasteiger partial charge is 0.375 e. The van der Waals surface area contributed by atoms with Gasteiger partial charge in [-0.15, -0.1) is 0 Å². The van der Waals surface area contributed by atoms with E-state index in [0.29, 0.717) is 5.56 Å². The first-order chi connectivity index (χ1) is 6.47. The van der Waals surface area contributed by atoms with Crippen LogP contribution in [-0.2, 0) is 9.84 Å². The van der Waals surface area contributed by atoms with Crippen LogP contribution in [0, 0.1) is 0 Å². The molecule has 3 N–H and O–H groups in total. The highest BCUT2D eigenvalue weighted by atomic mass is 32.2. The molecule has 0 aliphatic rings. The van der Waals surface area contributed by atoms with E-state index in [9.17, 15) is 8.42 Å². The average Bonchev–Trinajstić information content (AvgIpc) is 2.18. The predicted octanol–water partition coefficient (Wildman–Crippen LogP) is 0.430. The van der Waals surface area contributed by atoms with Crippen LogP contribution in [0.25, 0.3) is 0 Å². The lowest BCUT2D eigenvalue weighted by molar-refractivity contribution is 0.186. The number of aliphatic hydroxyl groups is 1. The smallest absolute Gasteiger partial charge is 0.178 e. The van der Waals surface area contributed by atoms with E-state index < -0.39 is 16.1 Å². The summed E-state index contributed by atoms with van der Waals surface area (Å²) in [6, 6.07) is 5.91. The van der Waals surface area contributed by atoms with Crippen molar-refractivity contribution >= 4 is 9.84 Å². The van der Waals surface area contributed by atoms with Gasteiger partial charge in [0, 0.05) is 0 Å². The third-order valence-corrected chi connectivity index (χ3v) is 3.71. The van der Waals surface area contributed by atoms with E-state index in [1.165, 1.54) is 24.3 Å². The summed E-state index contributed by atoms with van der Waals surface area (Å²) in [4.78, 5) is 0.254. The van der Waals surface area contributed by atoms with E-state index in [2.05, 4.69) is 0 Å². The molecular formula is C9H13NO3S. The zero-order chi connectivity index (χ0) is 10.8. The molecule has 0 spiro atoms. The van der Waals surface area contributed by atoms with Gasteiger partial charge in [-0.1, -0.05) is 19.1 Å². The molecule has 0 amide bonds. The Morgan fingerprint density at radius 2 is 1.86 bits per heavy atom. The monoisotopic (exact) mass is 215 g/mol. The Morgan fingerprint density at radius 1 is 1.36 bits per heavy atom. The highest BCUT2D eigenvalue weighted by Gasteiger charge is 2.11. The van der Waals surface area contributed by atoms with Gasteiger partial charge >= 0.3 is 0 Å². The molecule has 0 aliphatic carbocycles. The summed E-state index contributed by atoms with van der Waals surface area (Å²) in [5.41, 5.74) is 5.71. The summed E-state index contributed by atoms with van der Waals surface area (Å²) in [5.74, 6) is 0.0670. The van der Waals surface area contributed by atoms with Crippen LogP contribution in [0.1, 0.15) is 18.7 Å². The van der Waals surface area contributed by atoms with Crippen molar-refractivity contribution in [2.24, 2.45) is 5.73 Å². The highest BCUT2D eigenvalue weighted by Crippen LogP contribution is 2.14. The maximum Gasteiger partial charge on any atom is 0.178 e. The predicted molar refractivity (Wildman–Crippen MR) is 53.3 cm³/mol. The summed E-state index contributed by atoms with van der Waals surface area (Å²) in [6.45, 7) is 1.58. The Balaban J connectivity index is 3.06. The minimum absolute atomic E-state index is 0.0670.